The molecule has 78 valence electrons. The molecule has 0 aliphatic carbocycles. The number of hydrogen-bond donors (Lipinski definition) is 0. The van der Waals surface area contributed by atoms with Crippen LogP contribution in [0, 0.1) is 11.8 Å². The topological polar surface area (TPSA) is 26.3 Å². The Morgan fingerprint density at radius 3 is 2.93 bits per heavy atom. The Bertz CT molecular complexity index is 402. The summed E-state index contributed by atoms with van der Waals surface area (Å²) in [4.78, 5) is 10.7. The normalized spacial score (nSPS) is 8.93. The van der Waals surface area contributed by atoms with Gasteiger partial charge < -0.3 is 4.74 Å². The minimum atomic E-state index is 0.509. The predicted molar refractivity (Wildman–Crippen MR) is 60.6 cm³/mol. The van der Waals surface area contributed by atoms with Gasteiger partial charge in [0.15, 0.2) is 6.29 Å². The van der Waals surface area contributed by atoms with Crippen LogP contribution >= 0.6 is 11.6 Å². The highest BCUT2D eigenvalue weighted by Crippen LogP contribution is 2.17. The van der Waals surface area contributed by atoms with Gasteiger partial charge in [0.1, 0.15) is 5.75 Å². The SMILES string of the molecule is COc1ccc(C#CCCCl)cc1C=O. The third-order valence-corrected chi connectivity index (χ3v) is 2.00. The van der Waals surface area contributed by atoms with Crippen LogP contribution in [-0.4, -0.2) is 19.3 Å². The molecule has 0 aromatic heterocycles. The first-order valence-electron chi connectivity index (χ1n) is 4.50. The van der Waals surface area contributed by atoms with Gasteiger partial charge in [0.25, 0.3) is 0 Å². The quantitative estimate of drug-likeness (QED) is 0.446. The molecule has 0 aliphatic heterocycles. The van der Waals surface area contributed by atoms with Crippen molar-refractivity contribution in [3.05, 3.63) is 29.3 Å². The number of carbonyl (C=O) groups excluding carboxylic acids is 1. The van der Waals surface area contributed by atoms with E-state index in [1.165, 1.54) is 7.11 Å². The van der Waals surface area contributed by atoms with Crippen molar-refractivity contribution >= 4 is 17.9 Å². The summed E-state index contributed by atoms with van der Waals surface area (Å²) in [5.74, 6) is 6.90. The zero-order valence-corrected chi connectivity index (χ0v) is 9.17. The highest BCUT2D eigenvalue weighted by Gasteiger charge is 2.01. The van der Waals surface area contributed by atoms with E-state index >= 15 is 0 Å². The number of aldehydes is 1. The van der Waals surface area contributed by atoms with E-state index in [-0.39, 0.29) is 0 Å². The zero-order chi connectivity index (χ0) is 11.1. The van der Waals surface area contributed by atoms with Gasteiger partial charge in [0, 0.05) is 17.9 Å². The minimum absolute atomic E-state index is 0.509. The van der Waals surface area contributed by atoms with E-state index in [2.05, 4.69) is 11.8 Å². The second-order valence-corrected chi connectivity index (χ2v) is 3.19. The number of alkyl halides is 1. The summed E-state index contributed by atoms with van der Waals surface area (Å²) < 4.78 is 5.02. The van der Waals surface area contributed by atoms with Crippen LogP contribution in [0.1, 0.15) is 22.3 Å². The van der Waals surface area contributed by atoms with Crippen molar-refractivity contribution in [2.45, 2.75) is 6.42 Å². The maximum absolute atomic E-state index is 10.7. The first-order valence-corrected chi connectivity index (χ1v) is 5.03. The molecule has 0 heterocycles. The molecule has 3 heteroatoms. The second-order valence-electron chi connectivity index (χ2n) is 2.82. The average Bonchev–Trinajstić information content (AvgIpc) is 2.29. The maximum atomic E-state index is 10.7. The number of methoxy groups -OCH3 is 1. The van der Waals surface area contributed by atoms with Gasteiger partial charge in [-0.25, -0.2) is 0 Å². The van der Waals surface area contributed by atoms with Crippen molar-refractivity contribution in [1.82, 2.24) is 0 Å². The number of ether oxygens (including phenoxy) is 1. The Morgan fingerprint density at radius 1 is 1.53 bits per heavy atom. The number of halogens is 1. The molecule has 1 aromatic rings. The van der Waals surface area contributed by atoms with Crippen LogP contribution in [0.15, 0.2) is 18.2 Å². The molecule has 0 saturated carbocycles. The lowest BCUT2D eigenvalue weighted by Crippen LogP contribution is -1.90. The summed E-state index contributed by atoms with van der Waals surface area (Å²) in [6.07, 6.45) is 1.40. The second kappa shape index (κ2) is 6.10. The van der Waals surface area contributed by atoms with Crippen molar-refractivity contribution in [2.24, 2.45) is 0 Å². The van der Waals surface area contributed by atoms with E-state index in [1.807, 2.05) is 6.07 Å². The van der Waals surface area contributed by atoms with E-state index in [1.54, 1.807) is 12.1 Å². The lowest BCUT2D eigenvalue weighted by molar-refractivity contribution is 0.112. The highest BCUT2D eigenvalue weighted by atomic mass is 35.5. The summed E-state index contributed by atoms with van der Waals surface area (Å²) in [6.45, 7) is 0. The van der Waals surface area contributed by atoms with Crippen LogP contribution in [0.4, 0.5) is 0 Å². The largest absolute Gasteiger partial charge is 0.496 e. The van der Waals surface area contributed by atoms with Gasteiger partial charge in [-0.15, -0.1) is 11.6 Å². The molecule has 0 atom stereocenters. The first-order chi connectivity index (χ1) is 7.31. The minimum Gasteiger partial charge on any atom is -0.496 e. The third-order valence-electron chi connectivity index (χ3n) is 1.81. The van der Waals surface area contributed by atoms with E-state index < -0.39 is 0 Å². The van der Waals surface area contributed by atoms with Gasteiger partial charge in [-0.05, 0) is 18.2 Å². The van der Waals surface area contributed by atoms with E-state index in [4.69, 9.17) is 16.3 Å². The fraction of sp³-hybridized carbons (Fsp3) is 0.250. The Hall–Kier alpha value is -1.46. The van der Waals surface area contributed by atoms with Gasteiger partial charge in [-0.1, -0.05) is 11.8 Å². The summed E-state index contributed by atoms with van der Waals surface area (Å²) in [5.41, 5.74) is 1.30. The van der Waals surface area contributed by atoms with Crippen LogP contribution in [0.3, 0.4) is 0 Å². The molecule has 0 radical (unpaired) electrons. The van der Waals surface area contributed by atoms with Gasteiger partial charge in [-0.3, -0.25) is 4.79 Å². The Labute approximate surface area is 94.2 Å². The van der Waals surface area contributed by atoms with Crippen molar-refractivity contribution in [3.8, 4) is 17.6 Å². The molecular formula is C12H11ClO2. The monoisotopic (exact) mass is 222 g/mol. The molecule has 0 amide bonds. The van der Waals surface area contributed by atoms with Gasteiger partial charge in [0.2, 0.25) is 0 Å². The molecule has 0 saturated heterocycles. The zero-order valence-electron chi connectivity index (χ0n) is 8.42. The fourth-order valence-electron chi connectivity index (χ4n) is 1.12. The summed E-state index contributed by atoms with van der Waals surface area (Å²) in [7, 11) is 1.53. The first kappa shape index (κ1) is 11.6. The van der Waals surface area contributed by atoms with Crippen molar-refractivity contribution in [1.29, 1.82) is 0 Å². The molecule has 0 aliphatic rings. The molecule has 0 unspecified atom stereocenters. The predicted octanol–water partition coefficient (Wildman–Crippen LogP) is 2.49. The van der Waals surface area contributed by atoms with Crippen LogP contribution in [0.2, 0.25) is 0 Å². The average molecular weight is 223 g/mol. The third kappa shape index (κ3) is 3.30. The fourth-order valence-corrected chi connectivity index (χ4v) is 1.21. The van der Waals surface area contributed by atoms with Crippen molar-refractivity contribution < 1.29 is 9.53 Å². The van der Waals surface area contributed by atoms with E-state index in [9.17, 15) is 4.79 Å². The lowest BCUT2D eigenvalue weighted by atomic mass is 10.1. The maximum Gasteiger partial charge on any atom is 0.153 e. The molecule has 0 N–H and O–H groups in total. The Balaban J connectivity index is 2.94. The molecule has 1 aromatic carbocycles. The van der Waals surface area contributed by atoms with Crippen LogP contribution in [0.5, 0.6) is 5.75 Å². The molecule has 2 nitrogen and oxygen atoms in total. The summed E-state index contributed by atoms with van der Waals surface area (Å²) >= 11 is 5.50. The number of hydrogen-bond acceptors (Lipinski definition) is 2. The molecule has 0 spiro atoms. The summed E-state index contributed by atoms with van der Waals surface area (Å²) in [6, 6.07) is 5.24. The smallest absolute Gasteiger partial charge is 0.153 e. The van der Waals surface area contributed by atoms with E-state index in [0.29, 0.717) is 23.6 Å². The molecule has 0 bridgehead atoms. The van der Waals surface area contributed by atoms with Gasteiger partial charge in [-0.2, -0.15) is 0 Å². The van der Waals surface area contributed by atoms with Crippen LogP contribution in [0.25, 0.3) is 0 Å². The number of carbonyl (C=O) groups is 1. The standard InChI is InChI=1S/C12H11ClO2/c1-15-12-6-5-10(4-2-3-7-13)8-11(12)9-14/h5-6,8-9H,3,7H2,1H3. The number of benzene rings is 1. The Kier molecular flexibility index (Phi) is 4.73. The highest BCUT2D eigenvalue weighted by molar-refractivity contribution is 6.18. The Morgan fingerprint density at radius 2 is 2.33 bits per heavy atom. The summed E-state index contributed by atoms with van der Waals surface area (Å²) in [5, 5.41) is 0. The van der Waals surface area contributed by atoms with Gasteiger partial charge >= 0.3 is 0 Å². The van der Waals surface area contributed by atoms with E-state index in [0.717, 1.165) is 11.8 Å². The lowest BCUT2D eigenvalue weighted by Gasteiger charge is -2.02. The van der Waals surface area contributed by atoms with Crippen molar-refractivity contribution in [2.75, 3.05) is 13.0 Å². The van der Waals surface area contributed by atoms with Crippen LogP contribution < -0.4 is 4.74 Å². The molecule has 1 rings (SSSR count). The van der Waals surface area contributed by atoms with Crippen molar-refractivity contribution in [3.63, 3.8) is 0 Å². The number of rotatable bonds is 3. The van der Waals surface area contributed by atoms with Gasteiger partial charge in [0.05, 0.1) is 12.7 Å². The molecular weight excluding hydrogens is 212 g/mol. The van der Waals surface area contributed by atoms with Crippen LogP contribution in [-0.2, 0) is 0 Å². The molecule has 0 fully saturated rings. The molecule has 15 heavy (non-hydrogen) atoms.